The molecule has 7 rings (SSSR count). The van der Waals surface area contributed by atoms with E-state index in [-0.39, 0.29) is 0 Å². The summed E-state index contributed by atoms with van der Waals surface area (Å²) in [6.45, 7) is 0. The highest BCUT2D eigenvalue weighted by Crippen LogP contribution is 2.41. The van der Waals surface area contributed by atoms with Gasteiger partial charge in [-0.2, -0.15) is 0 Å². The highest BCUT2D eigenvalue weighted by molar-refractivity contribution is 7.88. The van der Waals surface area contributed by atoms with Crippen molar-refractivity contribution in [3.8, 4) is 0 Å². The molecule has 8 bridgehead atoms. The molecule has 5 heterocycles. The van der Waals surface area contributed by atoms with Crippen LogP contribution in [0.5, 0.6) is 0 Å². The molecule has 38 heavy (non-hydrogen) atoms. The maximum Gasteiger partial charge on any atom is 0.0383 e. The van der Waals surface area contributed by atoms with Crippen LogP contribution >= 0.6 is 61.2 Å². The van der Waals surface area contributed by atoms with Crippen molar-refractivity contribution in [2.75, 3.05) is 0 Å². The van der Waals surface area contributed by atoms with Gasteiger partial charge in [-0.3, -0.25) is 0 Å². The van der Waals surface area contributed by atoms with E-state index >= 15 is 0 Å². The van der Waals surface area contributed by atoms with E-state index in [9.17, 15) is 0 Å². The van der Waals surface area contributed by atoms with Gasteiger partial charge in [0.2, 0.25) is 0 Å². The van der Waals surface area contributed by atoms with Crippen molar-refractivity contribution < 1.29 is 0 Å². The van der Waals surface area contributed by atoms with Gasteiger partial charge < -0.3 is 0 Å². The Bertz CT molecular complexity index is 1520. The summed E-state index contributed by atoms with van der Waals surface area (Å²) in [6.07, 6.45) is 9.17. The molecule has 6 aromatic rings. The second-order valence-corrected chi connectivity index (χ2v) is 18.7. The van der Waals surface area contributed by atoms with Crippen LogP contribution in [0.1, 0.15) is 19.5 Å². The van der Waals surface area contributed by atoms with Gasteiger partial charge in [-0.15, -0.1) is 45.3 Å². The third kappa shape index (κ3) is 5.10. The van der Waals surface area contributed by atoms with E-state index in [0.717, 1.165) is 0 Å². The Balaban J connectivity index is 1.36. The van der Waals surface area contributed by atoms with E-state index in [2.05, 4.69) is 133 Å². The lowest BCUT2D eigenvalue weighted by atomic mass is 10.4. The van der Waals surface area contributed by atoms with Crippen molar-refractivity contribution in [2.24, 2.45) is 0 Å². The summed E-state index contributed by atoms with van der Waals surface area (Å²) in [5, 5.41) is 2.82. The molecule has 0 fully saturated rings. The van der Waals surface area contributed by atoms with Crippen LogP contribution < -0.4 is 29.1 Å². The van der Waals surface area contributed by atoms with Gasteiger partial charge in [-0.25, -0.2) is 0 Å². The summed E-state index contributed by atoms with van der Waals surface area (Å²) in [4.78, 5) is 5.24. The number of thiophene rings is 4. The predicted octanol–water partition coefficient (Wildman–Crippen LogP) is 8.10. The topological polar surface area (TPSA) is 0 Å². The van der Waals surface area contributed by atoms with E-state index < -0.39 is 15.8 Å². The monoisotopic (exact) mass is 596 g/mol. The zero-order valence-corrected chi connectivity index (χ0v) is 25.3. The quantitative estimate of drug-likeness (QED) is 0.177. The minimum atomic E-state index is -0.567. The Kier molecular flexibility index (Phi) is 7.11. The Morgan fingerprint density at radius 1 is 0.316 bits per heavy atom. The first-order chi connectivity index (χ1) is 18.8. The van der Waals surface area contributed by atoms with Crippen molar-refractivity contribution in [2.45, 2.75) is 0 Å². The van der Waals surface area contributed by atoms with Gasteiger partial charge in [0.25, 0.3) is 0 Å². The van der Waals surface area contributed by atoms with Gasteiger partial charge in [-0.05, 0) is 83.4 Å². The van der Waals surface area contributed by atoms with E-state index in [1.165, 1.54) is 48.6 Å². The Morgan fingerprint density at radius 3 is 0.895 bits per heavy atom. The van der Waals surface area contributed by atoms with Crippen LogP contribution in [0.4, 0.5) is 0 Å². The third-order valence-electron chi connectivity index (χ3n) is 6.18. The van der Waals surface area contributed by atoms with Crippen molar-refractivity contribution in [1.29, 1.82) is 0 Å². The number of rotatable bonds is 2. The maximum atomic E-state index is 2.34. The van der Waals surface area contributed by atoms with Gasteiger partial charge in [0, 0.05) is 53.8 Å². The number of fused-ring (bicyclic) bond motifs is 8. The van der Waals surface area contributed by atoms with Crippen LogP contribution in [0.25, 0.3) is 24.3 Å². The lowest BCUT2D eigenvalue weighted by Crippen LogP contribution is -2.16. The Morgan fingerprint density at radius 2 is 0.605 bits per heavy atom. The third-order valence-corrected chi connectivity index (χ3v) is 16.9. The molecule has 0 saturated carbocycles. The molecule has 0 unspecified atom stereocenters. The van der Waals surface area contributed by atoms with E-state index in [1.807, 2.05) is 45.3 Å². The first kappa shape index (κ1) is 24.6. The molecule has 0 atom stereocenters. The summed E-state index contributed by atoms with van der Waals surface area (Å²) < 4.78 is 5.80. The molecule has 1 aliphatic heterocycles. The van der Waals surface area contributed by atoms with Gasteiger partial charge in [0.05, 0.1) is 0 Å². The Hall–Kier alpha value is -2.42. The minimum absolute atomic E-state index is 0.567. The Labute approximate surface area is 241 Å². The van der Waals surface area contributed by atoms with E-state index in [1.54, 1.807) is 0 Å². The predicted molar refractivity (Wildman–Crippen MR) is 180 cm³/mol. The molecular formula is C32H22P2S4. The first-order valence-corrected chi connectivity index (χ1v) is 18.2. The lowest BCUT2D eigenvalue weighted by molar-refractivity contribution is 1.77. The highest BCUT2D eigenvalue weighted by atomic mass is 32.1. The van der Waals surface area contributed by atoms with Gasteiger partial charge in [0.15, 0.2) is 0 Å². The lowest BCUT2D eigenvalue weighted by Gasteiger charge is -2.15. The highest BCUT2D eigenvalue weighted by Gasteiger charge is 2.22. The molecule has 6 heteroatoms. The smallest absolute Gasteiger partial charge is 0.0383 e. The molecule has 0 nitrogen and oxygen atoms in total. The molecule has 1 aliphatic rings. The van der Waals surface area contributed by atoms with E-state index in [4.69, 9.17) is 0 Å². The number of benzene rings is 2. The summed E-state index contributed by atoms with van der Waals surface area (Å²) in [6, 6.07) is 40.5. The standard InChI is InChI=1S/C32H22P2S4/c1-3-7-23(8-4-1)33-29-19-15-25(35-29)11-13-27-17-21-31(37-27)34(24-9-5-2-6-10-24)32-22-18-28(38-32)14-12-26-16-20-30(33)36-26/h1-22H/b13-11-,14-12-. The average molecular weight is 597 g/mol. The number of hydrogen-bond acceptors (Lipinski definition) is 4. The van der Waals surface area contributed by atoms with E-state index in [0.29, 0.717) is 0 Å². The van der Waals surface area contributed by atoms with Crippen molar-refractivity contribution >= 4 is 115 Å². The molecular weight excluding hydrogens is 575 g/mol. The van der Waals surface area contributed by atoms with Crippen LogP contribution in [-0.2, 0) is 0 Å². The molecule has 184 valence electrons. The normalized spacial score (nSPS) is 18.4. The van der Waals surface area contributed by atoms with Crippen molar-refractivity contribution in [1.82, 2.24) is 0 Å². The summed E-state index contributed by atoms with van der Waals surface area (Å²) >= 11 is 7.71. The van der Waals surface area contributed by atoms with Crippen molar-refractivity contribution in [3.63, 3.8) is 0 Å². The SMILES string of the molecule is C1=C\c2ccc(s2)P(c2ccccc2)c2ccc(s2)/C=C\c2ccc(s2)P(c2ccccc2)c2ccc/1s2. The fourth-order valence-corrected chi connectivity index (χ4v) is 15.8. The molecule has 0 aliphatic carbocycles. The summed E-state index contributed by atoms with van der Waals surface area (Å²) in [5.74, 6) is 0. The largest absolute Gasteiger partial charge is 0.135 e. The van der Waals surface area contributed by atoms with Gasteiger partial charge in [-0.1, -0.05) is 60.7 Å². The van der Waals surface area contributed by atoms with Crippen LogP contribution in [-0.4, -0.2) is 0 Å². The van der Waals surface area contributed by atoms with Gasteiger partial charge in [0.1, 0.15) is 0 Å². The van der Waals surface area contributed by atoms with Crippen LogP contribution in [0.3, 0.4) is 0 Å². The molecule has 2 aromatic carbocycles. The second kappa shape index (κ2) is 11.0. The fourth-order valence-electron chi connectivity index (χ4n) is 4.42. The zero-order valence-electron chi connectivity index (χ0n) is 20.2. The van der Waals surface area contributed by atoms with Crippen LogP contribution in [0.15, 0.2) is 109 Å². The molecule has 0 saturated heterocycles. The molecule has 0 amide bonds. The van der Waals surface area contributed by atoms with Crippen molar-refractivity contribution in [3.05, 3.63) is 129 Å². The summed E-state index contributed by atoms with van der Waals surface area (Å²) in [7, 11) is -1.13. The molecule has 0 spiro atoms. The fraction of sp³-hybridized carbons (Fsp3) is 0. The van der Waals surface area contributed by atoms with Crippen LogP contribution in [0, 0.1) is 0 Å². The first-order valence-electron chi connectivity index (χ1n) is 12.3. The minimum Gasteiger partial charge on any atom is -0.135 e. The second-order valence-electron chi connectivity index (χ2n) is 8.71. The molecule has 0 N–H and O–H groups in total. The molecule has 0 radical (unpaired) electrons. The summed E-state index contributed by atoms with van der Waals surface area (Å²) in [5.41, 5.74) is 0. The van der Waals surface area contributed by atoms with Gasteiger partial charge >= 0.3 is 0 Å². The molecule has 4 aromatic heterocycles. The number of hydrogen-bond donors (Lipinski definition) is 0. The average Bonchev–Trinajstić information content (AvgIpc) is 3.77. The zero-order chi connectivity index (χ0) is 25.3. The maximum absolute atomic E-state index is 2.34. The van der Waals surface area contributed by atoms with Crippen LogP contribution in [0.2, 0.25) is 0 Å².